The van der Waals surface area contributed by atoms with E-state index in [9.17, 15) is 13.2 Å². The highest BCUT2D eigenvalue weighted by atomic mass is 35.5. The molecule has 0 spiro atoms. The molecule has 0 fully saturated rings. The average Bonchev–Trinajstić information content (AvgIpc) is 2.91. The van der Waals surface area contributed by atoms with E-state index in [0.717, 1.165) is 0 Å². The number of carbonyl (C=O) groups is 1. The quantitative estimate of drug-likeness (QED) is 0.606. The molecule has 1 amide bonds. The Morgan fingerprint density at radius 3 is 2.36 bits per heavy atom. The van der Waals surface area contributed by atoms with Gasteiger partial charge >= 0.3 is 16.2 Å². The number of halogens is 2. The lowest BCUT2D eigenvalue weighted by atomic mass is 10.1. The van der Waals surface area contributed by atoms with Crippen LogP contribution in [0, 0.1) is 0 Å². The lowest BCUT2D eigenvalue weighted by Gasteiger charge is -2.14. The Kier molecular flexibility index (Phi) is 7.19. The Morgan fingerprint density at radius 2 is 1.86 bits per heavy atom. The number of hydrogen-bond acceptors (Lipinski definition) is 6. The van der Waals surface area contributed by atoms with Crippen LogP contribution in [0.2, 0.25) is 10.0 Å². The number of imidazole rings is 1. The number of aromatic nitrogens is 2. The molecule has 0 aliphatic carbocycles. The predicted molar refractivity (Wildman–Crippen MR) is 105 cm³/mol. The molecule has 2 aromatic rings. The van der Waals surface area contributed by atoms with Crippen molar-refractivity contribution in [3.8, 4) is 5.75 Å². The summed E-state index contributed by atoms with van der Waals surface area (Å²) >= 11 is 11.9. The summed E-state index contributed by atoms with van der Waals surface area (Å²) < 4.78 is 37.7. The molecule has 1 aromatic heterocycles. The minimum atomic E-state index is -4.28. The van der Waals surface area contributed by atoms with Gasteiger partial charge in [0.05, 0.1) is 5.69 Å². The van der Waals surface area contributed by atoms with E-state index >= 15 is 0 Å². The topological polar surface area (TPSA) is 114 Å². The molecule has 2 rings (SSSR count). The van der Waals surface area contributed by atoms with Crippen LogP contribution >= 0.6 is 23.2 Å². The summed E-state index contributed by atoms with van der Waals surface area (Å²) in [6, 6.07) is 4.15. The van der Waals surface area contributed by atoms with Gasteiger partial charge in [-0.15, -0.1) is 0 Å². The Balaban J connectivity index is 2.57. The normalized spacial score (nSPS) is 11.6. The fourth-order valence-electron chi connectivity index (χ4n) is 2.58. The summed E-state index contributed by atoms with van der Waals surface area (Å²) in [5.74, 6) is 0.00352. The van der Waals surface area contributed by atoms with Gasteiger partial charge in [-0.05, 0) is 18.4 Å². The van der Waals surface area contributed by atoms with Crippen molar-refractivity contribution in [2.45, 2.75) is 51.3 Å². The van der Waals surface area contributed by atoms with Crippen molar-refractivity contribution in [2.75, 3.05) is 0 Å². The summed E-state index contributed by atoms with van der Waals surface area (Å²) in [6.07, 6.45) is -0.366. The largest absolute Gasteiger partial charge is 0.442 e. The lowest BCUT2D eigenvalue weighted by Crippen LogP contribution is -2.19. The summed E-state index contributed by atoms with van der Waals surface area (Å²) in [5, 5.41) is 0.363. The van der Waals surface area contributed by atoms with Gasteiger partial charge < -0.3 is 19.2 Å². The number of ether oxygens (including phenoxy) is 1. The third kappa shape index (κ3) is 5.30. The Bertz CT molecular complexity index is 953. The van der Waals surface area contributed by atoms with Gasteiger partial charge in [0, 0.05) is 28.7 Å². The van der Waals surface area contributed by atoms with Crippen molar-refractivity contribution < 1.29 is 22.1 Å². The van der Waals surface area contributed by atoms with Crippen LogP contribution in [0.3, 0.4) is 0 Å². The summed E-state index contributed by atoms with van der Waals surface area (Å²) in [7, 11) is -4.28. The molecule has 154 valence electrons. The van der Waals surface area contributed by atoms with Gasteiger partial charge in [0.2, 0.25) is 0 Å². The fourth-order valence-corrected chi connectivity index (χ4v) is 4.52. The maximum absolute atomic E-state index is 13.1. The van der Waals surface area contributed by atoms with Crippen LogP contribution in [0.1, 0.15) is 44.6 Å². The second kappa shape index (κ2) is 9.02. The fraction of sp³-hybridized carbons (Fsp3) is 0.412. The van der Waals surface area contributed by atoms with Crippen molar-refractivity contribution in [3.05, 3.63) is 39.8 Å². The number of carbonyl (C=O) groups excluding carboxylic acids is 1. The molecule has 1 aromatic carbocycles. The zero-order chi connectivity index (χ0) is 21.1. The number of benzene rings is 1. The maximum Gasteiger partial charge on any atom is 0.404 e. The molecule has 8 nitrogen and oxygen atoms in total. The van der Waals surface area contributed by atoms with Crippen molar-refractivity contribution in [2.24, 2.45) is 5.73 Å². The first kappa shape index (κ1) is 22.3. The highest BCUT2D eigenvalue weighted by molar-refractivity contribution is 7.87. The summed E-state index contributed by atoms with van der Waals surface area (Å²) in [6.45, 7) is 5.54. The Hall–Kier alpha value is -1.97. The van der Waals surface area contributed by atoms with E-state index in [0.29, 0.717) is 18.7 Å². The molecule has 0 radical (unpaired) electrons. The third-order valence-corrected chi connectivity index (χ3v) is 5.39. The molecule has 1 heterocycles. The SMILES string of the molecule is CCCn1c(COC(N)=O)nc(C(C)C)c1S(=O)(=O)Oc1cc(Cl)cc(Cl)c1. The zero-order valence-corrected chi connectivity index (χ0v) is 17.9. The minimum absolute atomic E-state index is 0.0219. The van der Waals surface area contributed by atoms with Crippen LogP contribution in [-0.2, 0) is 28.0 Å². The second-order valence-electron chi connectivity index (χ2n) is 6.28. The van der Waals surface area contributed by atoms with Crippen LogP contribution in [0.5, 0.6) is 5.75 Å². The molecule has 0 unspecified atom stereocenters. The van der Waals surface area contributed by atoms with Crippen LogP contribution in [-0.4, -0.2) is 24.1 Å². The minimum Gasteiger partial charge on any atom is -0.442 e. The van der Waals surface area contributed by atoms with Gasteiger partial charge in [-0.3, -0.25) is 0 Å². The summed E-state index contributed by atoms with van der Waals surface area (Å²) in [5.41, 5.74) is 5.32. The number of rotatable bonds is 8. The van der Waals surface area contributed by atoms with Crippen molar-refractivity contribution in [1.29, 1.82) is 0 Å². The van der Waals surface area contributed by atoms with Crippen LogP contribution in [0.25, 0.3) is 0 Å². The van der Waals surface area contributed by atoms with Crippen molar-refractivity contribution in [3.63, 3.8) is 0 Å². The smallest absolute Gasteiger partial charge is 0.404 e. The standard InChI is InChI=1S/C17H21Cl2N3O5S/c1-4-5-22-14(9-26-17(20)23)21-15(10(2)3)16(22)28(24,25)27-13-7-11(18)6-12(19)8-13/h6-8,10H,4-5,9H2,1-3H3,(H2,20,23). The van der Waals surface area contributed by atoms with E-state index in [2.05, 4.69) is 4.98 Å². The number of hydrogen-bond donors (Lipinski definition) is 1. The first-order valence-electron chi connectivity index (χ1n) is 8.47. The molecular formula is C17H21Cl2N3O5S. The van der Waals surface area contributed by atoms with E-state index in [1.807, 2.05) is 6.92 Å². The molecule has 28 heavy (non-hydrogen) atoms. The van der Waals surface area contributed by atoms with Gasteiger partial charge in [0.15, 0.2) is 11.6 Å². The maximum atomic E-state index is 13.1. The van der Waals surface area contributed by atoms with E-state index in [4.69, 9.17) is 37.9 Å². The number of amides is 1. The van der Waals surface area contributed by atoms with E-state index in [1.54, 1.807) is 13.8 Å². The van der Waals surface area contributed by atoms with Crippen molar-refractivity contribution in [1.82, 2.24) is 9.55 Å². The highest BCUT2D eigenvalue weighted by Crippen LogP contribution is 2.31. The Morgan fingerprint density at radius 1 is 1.25 bits per heavy atom. The molecule has 0 saturated heterocycles. The van der Waals surface area contributed by atoms with E-state index < -0.39 is 16.2 Å². The van der Waals surface area contributed by atoms with Crippen LogP contribution in [0.15, 0.2) is 23.2 Å². The van der Waals surface area contributed by atoms with Gasteiger partial charge in [-0.25, -0.2) is 9.78 Å². The Labute approximate surface area is 173 Å². The van der Waals surface area contributed by atoms with Crippen LogP contribution in [0.4, 0.5) is 4.79 Å². The molecule has 2 N–H and O–H groups in total. The second-order valence-corrected chi connectivity index (χ2v) is 8.61. The number of primary amides is 1. The van der Waals surface area contributed by atoms with Crippen molar-refractivity contribution >= 4 is 39.4 Å². The molecule has 0 bridgehead atoms. The van der Waals surface area contributed by atoms with Crippen LogP contribution < -0.4 is 9.92 Å². The molecule has 0 aliphatic rings. The van der Waals surface area contributed by atoms with E-state index in [1.165, 1.54) is 22.8 Å². The molecule has 0 atom stereocenters. The molecule has 0 saturated carbocycles. The number of nitrogens with two attached hydrogens (primary N) is 1. The first-order valence-corrected chi connectivity index (χ1v) is 10.6. The number of nitrogens with zero attached hydrogens (tertiary/aromatic N) is 2. The average molecular weight is 450 g/mol. The monoisotopic (exact) mass is 449 g/mol. The van der Waals surface area contributed by atoms with Gasteiger partial charge in [0.1, 0.15) is 11.6 Å². The lowest BCUT2D eigenvalue weighted by molar-refractivity contribution is 0.145. The molecule has 0 aliphatic heterocycles. The van der Waals surface area contributed by atoms with Gasteiger partial charge in [-0.2, -0.15) is 8.42 Å². The summed E-state index contributed by atoms with van der Waals surface area (Å²) in [4.78, 5) is 15.3. The highest BCUT2D eigenvalue weighted by Gasteiger charge is 2.31. The predicted octanol–water partition coefficient (Wildman–Crippen LogP) is 4.09. The first-order chi connectivity index (χ1) is 13.0. The van der Waals surface area contributed by atoms with Gasteiger partial charge in [-0.1, -0.05) is 44.0 Å². The molecule has 11 heteroatoms. The van der Waals surface area contributed by atoms with Gasteiger partial charge in [0.25, 0.3) is 0 Å². The zero-order valence-electron chi connectivity index (χ0n) is 15.6. The van der Waals surface area contributed by atoms with E-state index in [-0.39, 0.29) is 39.2 Å². The third-order valence-electron chi connectivity index (χ3n) is 3.64. The molecular weight excluding hydrogens is 429 g/mol.